The maximum Gasteiger partial charge on any atom is 0.291 e. The van der Waals surface area contributed by atoms with Crippen LogP contribution in [0.1, 0.15) is 37.4 Å². The molecule has 0 aliphatic heterocycles. The highest BCUT2D eigenvalue weighted by atomic mass is 32.1. The summed E-state index contributed by atoms with van der Waals surface area (Å²) in [5.74, 6) is 5.07. The first kappa shape index (κ1) is 19.9. The first-order valence-corrected chi connectivity index (χ1v) is 9.25. The van der Waals surface area contributed by atoms with Crippen LogP contribution < -0.4 is 5.32 Å². The van der Waals surface area contributed by atoms with Crippen LogP contribution >= 0.6 is 0 Å². The third kappa shape index (κ3) is 5.31. The molecule has 0 spiro atoms. The quantitative estimate of drug-likeness (QED) is 0.680. The van der Waals surface area contributed by atoms with E-state index in [-0.39, 0.29) is 22.9 Å². The number of anilines is 1. The fourth-order valence-electron chi connectivity index (χ4n) is 2.52. The average Bonchev–Trinajstić information content (AvgIpc) is 2.74. The van der Waals surface area contributed by atoms with Crippen molar-refractivity contribution in [2.45, 2.75) is 6.92 Å². The van der Waals surface area contributed by atoms with Crippen LogP contribution in [0.2, 0.25) is 0 Å². The van der Waals surface area contributed by atoms with Gasteiger partial charge in [-0.05, 0) is 48.9 Å². The van der Waals surface area contributed by atoms with Gasteiger partial charge in [0, 0.05) is 34.8 Å². The van der Waals surface area contributed by atoms with Crippen molar-refractivity contribution in [1.82, 2.24) is 4.98 Å². The number of amides is 2. The number of benzene rings is 2. The van der Waals surface area contributed by atoms with Gasteiger partial charge in [0.05, 0.1) is 5.56 Å². The molecule has 7 heteroatoms. The van der Waals surface area contributed by atoms with Crippen LogP contribution in [0.3, 0.4) is 0 Å². The summed E-state index contributed by atoms with van der Waals surface area (Å²) in [7, 11) is 0. The number of nitrogens with zero attached hydrogens (tertiary/aromatic N) is 2. The summed E-state index contributed by atoms with van der Waals surface area (Å²) in [6.07, 6.45) is 2.85. The minimum Gasteiger partial charge on any atom is -0.322 e. The third-order valence-electron chi connectivity index (χ3n) is 3.99. The van der Waals surface area contributed by atoms with Crippen molar-refractivity contribution in [2.24, 2.45) is 4.36 Å². The lowest BCUT2D eigenvalue weighted by Gasteiger charge is -2.07. The fraction of sp³-hybridized carbons (Fsp3) is 0.0455. The Labute approximate surface area is 171 Å². The number of nitrogens with one attached hydrogen (secondary N) is 1. The maximum atomic E-state index is 12.4. The van der Waals surface area contributed by atoms with Crippen molar-refractivity contribution >= 4 is 29.0 Å². The van der Waals surface area contributed by atoms with E-state index in [9.17, 15) is 13.8 Å². The van der Waals surface area contributed by atoms with E-state index in [1.165, 1.54) is 18.5 Å². The predicted molar refractivity (Wildman–Crippen MR) is 111 cm³/mol. The molecule has 0 unspecified atom stereocenters. The molecule has 142 valence electrons. The molecule has 2 amide bonds. The van der Waals surface area contributed by atoms with E-state index >= 15 is 0 Å². The van der Waals surface area contributed by atoms with Crippen LogP contribution in [0.25, 0.3) is 0 Å². The number of carbonyl (C=O) groups excluding carboxylic acids is 2. The Hall–Kier alpha value is -3.89. The average molecular weight is 401 g/mol. The topological polar surface area (TPSA) is 88.5 Å². The summed E-state index contributed by atoms with van der Waals surface area (Å²) in [6, 6.07) is 16.0. The second-order valence-corrected chi connectivity index (χ2v) is 6.36. The molecule has 1 aromatic heterocycles. The molecule has 0 saturated heterocycles. The van der Waals surface area contributed by atoms with E-state index in [4.69, 9.17) is 0 Å². The van der Waals surface area contributed by atoms with Crippen LogP contribution in [0.4, 0.5) is 5.69 Å². The largest absolute Gasteiger partial charge is 0.322 e. The second kappa shape index (κ2) is 9.35. The van der Waals surface area contributed by atoms with Gasteiger partial charge in [0.1, 0.15) is 0 Å². The van der Waals surface area contributed by atoms with E-state index in [2.05, 4.69) is 26.5 Å². The van der Waals surface area contributed by atoms with Crippen LogP contribution in [0, 0.1) is 18.8 Å². The van der Waals surface area contributed by atoms with Gasteiger partial charge in [-0.3, -0.25) is 14.6 Å². The van der Waals surface area contributed by atoms with Crippen LogP contribution in [-0.4, -0.2) is 21.0 Å². The van der Waals surface area contributed by atoms with Gasteiger partial charge in [-0.2, -0.15) is 4.21 Å². The van der Waals surface area contributed by atoms with Gasteiger partial charge in [0.15, 0.2) is 0 Å². The molecule has 0 saturated carbocycles. The van der Waals surface area contributed by atoms with E-state index in [1.807, 2.05) is 25.1 Å². The van der Waals surface area contributed by atoms with E-state index in [0.717, 1.165) is 11.1 Å². The smallest absolute Gasteiger partial charge is 0.291 e. The zero-order valence-corrected chi connectivity index (χ0v) is 16.2. The Bertz CT molecular complexity index is 1190. The van der Waals surface area contributed by atoms with Gasteiger partial charge < -0.3 is 5.32 Å². The van der Waals surface area contributed by atoms with E-state index in [0.29, 0.717) is 16.8 Å². The molecule has 3 aromatic rings. The van der Waals surface area contributed by atoms with Gasteiger partial charge in [-0.1, -0.05) is 30.0 Å². The minimum atomic E-state index is -0.644. The van der Waals surface area contributed by atoms with Gasteiger partial charge in [-0.25, -0.2) is 0 Å². The summed E-state index contributed by atoms with van der Waals surface area (Å²) in [6.45, 7) is 1.89. The van der Waals surface area contributed by atoms with E-state index in [1.54, 1.807) is 30.3 Å². The molecule has 0 radical (unpaired) electrons. The highest BCUT2D eigenvalue weighted by Gasteiger charge is 2.08. The number of rotatable bonds is 3. The summed E-state index contributed by atoms with van der Waals surface area (Å²) in [5.41, 5.74) is 3.65. The van der Waals surface area contributed by atoms with Gasteiger partial charge in [0.25, 0.3) is 11.8 Å². The molecule has 29 heavy (non-hydrogen) atoms. The molecule has 0 atom stereocenters. The van der Waals surface area contributed by atoms with Crippen LogP contribution in [0.15, 0.2) is 71.4 Å². The highest BCUT2D eigenvalue weighted by molar-refractivity contribution is 7.55. The summed E-state index contributed by atoms with van der Waals surface area (Å²) < 4.78 is 13.6. The maximum absolute atomic E-state index is 12.4. The molecule has 0 aliphatic carbocycles. The van der Waals surface area contributed by atoms with Crippen molar-refractivity contribution in [3.8, 4) is 11.8 Å². The monoisotopic (exact) mass is 401 g/mol. The molecule has 1 N–H and O–H groups in total. The van der Waals surface area contributed by atoms with Gasteiger partial charge >= 0.3 is 0 Å². The third-order valence-corrected chi connectivity index (χ3v) is 4.23. The fourth-order valence-corrected chi connectivity index (χ4v) is 2.69. The minimum absolute atomic E-state index is 0.143. The molecule has 6 nitrogen and oxygen atoms in total. The normalized spacial score (nSPS) is 9.69. The number of aromatic nitrogens is 1. The number of hydrogen-bond donors (Lipinski definition) is 1. The Balaban J connectivity index is 1.71. The lowest BCUT2D eigenvalue weighted by atomic mass is 10.1. The second-order valence-electron chi connectivity index (χ2n) is 6.03. The number of hydrogen-bond acceptors (Lipinski definition) is 4. The lowest BCUT2D eigenvalue weighted by Crippen LogP contribution is -2.13. The van der Waals surface area contributed by atoms with Crippen molar-refractivity contribution in [3.63, 3.8) is 0 Å². The van der Waals surface area contributed by atoms with Crippen LogP contribution in [-0.2, 0) is 11.5 Å². The van der Waals surface area contributed by atoms with Gasteiger partial charge in [0.2, 0.25) is 11.5 Å². The molecular formula is C22H15N3O3S. The summed E-state index contributed by atoms with van der Waals surface area (Å²) in [5, 5.41) is 2.86. The lowest BCUT2D eigenvalue weighted by molar-refractivity contribution is 0.100. The molecule has 2 aromatic carbocycles. The Morgan fingerprint density at radius 3 is 2.45 bits per heavy atom. The van der Waals surface area contributed by atoms with E-state index < -0.39 is 5.91 Å². The molecule has 0 aliphatic rings. The SMILES string of the molecule is Cc1ccccc1C(=O)Nc1ccc(C#Cc2cncc(C(=O)N=S=O)c2)cc1. The summed E-state index contributed by atoms with van der Waals surface area (Å²) in [4.78, 5) is 27.9. The standard InChI is InChI=1S/C22H15N3O3S/c1-15-4-2-3-5-20(15)22(27)24-19-10-8-16(9-11-19)6-7-17-12-18(14-23-13-17)21(26)25-29-28/h2-5,8-14H,1H3,(H,24,27). The van der Waals surface area contributed by atoms with Crippen molar-refractivity contribution in [1.29, 1.82) is 0 Å². The van der Waals surface area contributed by atoms with Crippen molar-refractivity contribution in [2.75, 3.05) is 5.32 Å². The highest BCUT2D eigenvalue weighted by Crippen LogP contribution is 2.13. The molecule has 3 rings (SSSR count). The summed E-state index contributed by atoms with van der Waals surface area (Å²) >= 11 is -0.143. The molecule has 0 fully saturated rings. The first-order valence-electron chi connectivity index (χ1n) is 8.55. The molecule has 0 bridgehead atoms. The van der Waals surface area contributed by atoms with Crippen molar-refractivity contribution < 1.29 is 13.8 Å². The Morgan fingerprint density at radius 2 is 1.72 bits per heavy atom. The van der Waals surface area contributed by atoms with Crippen molar-refractivity contribution in [3.05, 3.63) is 94.8 Å². The zero-order valence-electron chi connectivity index (χ0n) is 15.4. The zero-order chi connectivity index (χ0) is 20.6. The van der Waals surface area contributed by atoms with Crippen LogP contribution in [0.5, 0.6) is 0 Å². The van der Waals surface area contributed by atoms with Gasteiger partial charge in [-0.15, -0.1) is 4.36 Å². The number of aryl methyl sites for hydroxylation is 1. The number of pyridine rings is 1. The Morgan fingerprint density at radius 1 is 1.00 bits per heavy atom. The Kier molecular flexibility index (Phi) is 6.40. The molecular weight excluding hydrogens is 386 g/mol. The first-order chi connectivity index (χ1) is 14.1. The number of carbonyl (C=O) groups is 2. The molecule has 1 heterocycles. The predicted octanol–water partition coefficient (Wildman–Crippen LogP) is 3.58.